The van der Waals surface area contributed by atoms with Crippen molar-refractivity contribution < 1.29 is 19.5 Å². The van der Waals surface area contributed by atoms with Crippen LogP contribution < -0.4 is 11.1 Å². The van der Waals surface area contributed by atoms with Crippen molar-refractivity contribution in [2.75, 3.05) is 7.05 Å². The van der Waals surface area contributed by atoms with Crippen LogP contribution in [0.4, 0.5) is 0 Å². The Hall–Kier alpha value is 0.543. The maximum absolute atomic E-state index is 5.15. The second kappa shape index (κ2) is 11.4. The van der Waals surface area contributed by atoms with Gasteiger partial charge in [-0.25, -0.2) is 0 Å². The van der Waals surface area contributed by atoms with Gasteiger partial charge in [0.2, 0.25) is 0 Å². The third kappa shape index (κ3) is 11.9. The molecule has 0 heterocycles. The van der Waals surface area contributed by atoms with E-state index in [2.05, 4.69) is 5.32 Å². The molecule has 9 heavy (non-hydrogen) atoms. The van der Waals surface area contributed by atoms with Gasteiger partial charge in [0.15, 0.2) is 0 Å². The van der Waals surface area contributed by atoms with Crippen LogP contribution in [0.25, 0.3) is 0 Å². The van der Waals surface area contributed by atoms with Crippen molar-refractivity contribution in [2.45, 2.75) is 19.3 Å². The maximum Gasteiger partial charge on any atom is 2.00 e. The Bertz CT molecular complexity index is 36.0. The zero-order chi connectivity index (χ0) is 6.24. The third-order valence-corrected chi connectivity index (χ3v) is 0.923. The van der Waals surface area contributed by atoms with Crippen LogP contribution in [-0.2, 0) is 19.5 Å². The summed E-state index contributed by atoms with van der Waals surface area (Å²) in [6.45, 7) is 3.73. The zero-order valence-corrected chi connectivity index (χ0v) is 9.03. The minimum absolute atomic E-state index is 0. The summed E-state index contributed by atoms with van der Waals surface area (Å²) in [6, 6.07) is 0. The molecular weight excluding hydrogens is 165 g/mol. The fourth-order valence-electron chi connectivity index (χ4n) is 0.482. The molecule has 0 aromatic rings. The third-order valence-electron chi connectivity index (χ3n) is 0.923. The van der Waals surface area contributed by atoms with Crippen molar-refractivity contribution in [3.8, 4) is 0 Å². The number of rotatable bonds is 5. The fourth-order valence-corrected chi connectivity index (χ4v) is 0.482. The van der Waals surface area contributed by atoms with Crippen LogP contribution >= 0.6 is 0 Å². The summed E-state index contributed by atoms with van der Waals surface area (Å²) < 4.78 is 0. The van der Waals surface area contributed by atoms with E-state index < -0.39 is 0 Å². The zero-order valence-electron chi connectivity index (χ0n) is 6.06. The van der Waals surface area contributed by atoms with Gasteiger partial charge in [-0.2, -0.15) is 12.8 Å². The van der Waals surface area contributed by atoms with E-state index in [1.807, 2.05) is 13.6 Å². The van der Waals surface area contributed by atoms with Crippen LogP contribution in [0.2, 0.25) is 0 Å². The largest absolute Gasteiger partial charge is 2.00 e. The van der Waals surface area contributed by atoms with Crippen LogP contribution in [0.5, 0.6) is 0 Å². The number of hydrogen-bond acceptors (Lipinski definition) is 2. The van der Waals surface area contributed by atoms with E-state index >= 15 is 0 Å². The summed E-state index contributed by atoms with van der Waals surface area (Å²) >= 11 is 0. The molecule has 0 saturated carbocycles. The van der Waals surface area contributed by atoms with Gasteiger partial charge in [-0.3, -0.25) is 13.1 Å². The molecule has 0 radical (unpaired) electrons. The first-order valence-electron chi connectivity index (χ1n) is 2.94. The smallest absolute Gasteiger partial charge is 0.483 e. The second-order valence-electron chi connectivity index (χ2n) is 1.66. The Balaban J connectivity index is 0. The molecular formula is C6H14N2Zn. The van der Waals surface area contributed by atoms with E-state index in [-0.39, 0.29) is 19.5 Å². The van der Waals surface area contributed by atoms with E-state index in [1.54, 1.807) is 6.54 Å². The maximum atomic E-state index is 5.15. The molecule has 0 fully saturated rings. The number of nitrogens with one attached hydrogen (secondary N) is 1. The first-order chi connectivity index (χ1) is 3.91. The summed E-state index contributed by atoms with van der Waals surface area (Å²) in [5, 5.41) is 2.95. The molecule has 3 N–H and O–H groups in total. The topological polar surface area (TPSA) is 38.0 Å². The average molecular weight is 180 g/mol. The molecule has 0 spiro atoms. The molecule has 0 amide bonds. The summed E-state index contributed by atoms with van der Waals surface area (Å²) in [7, 11) is 1.91. The Labute approximate surface area is 70.3 Å². The Kier molecular flexibility index (Phi) is 15.4. The second-order valence-corrected chi connectivity index (χ2v) is 1.66. The van der Waals surface area contributed by atoms with Crippen molar-refractivity contribution in [3.63, 3.8) is 0 Å². The van der Waals surface area contributed by atoms with E-state index in [0.29, 0.717) is 0 Å². The molecule has 0 aromatic heterocycles. The van der Waals surface area contributed by atoms with Crippen LogP contribution in [-0.4, -0.2) is 7.05 Å². The molecule has 0 aliphatic heterocycles. The van der Waals surface area contributed by atoms with Gasteiger partial charge < -0.3 is 11.1 Å². The minimum atomic E-state index is 0. The van der Waals surface area contributed by atoms with Gasteiger partial charge in [0.25, 0.3) is 0 Å². The Morgan fingerprint density at radius 2 is 2.11 bits per heavy atom. The van der Waals surface area contributed by atoms with Gasteiger partial charge in [-0.05, 0) is 7.05 Å². The molecule has 0 saturated heterocycles. The Morgan fingerprint density at radius 3 is 2.56 bits per heavy atom. The van der Waals surface area contributed by atoms with Gasteiger partial charge in [0.05, 0.1) is 0 Å². The normalized spacial score (nSPS) is 8.67. The summed E-state index contributed by atoms with van der Waals surface area (Å²) in [5.41, 5.74) is 5.15. The molecule has 50 valence electrons. The van der Waals surface area contributed by atoms with Gasteiger partial charge in [0, 0.05) is 0 Å². The standard InChI is InChI=1S/C6H14N2.Zn/c1-8-6-4-2-3-5-7;/h5-6,8H,2-4,7H2,1H3;/q-2;+2. The van der Waals surface area contributed by atoms with E-state index in [9.17, 15) is 0 Å². The number of hydrogen-bond donors (Lipinski definition) is 2. The predicted molar refractivity (Wildman–Crippen MR) is 35.7 cm³/mol. The van der Waals surface area contributed by atoms with Gasteiger partial charge in [-0.15, -0.1) is 6.42 Å². The average Bonchev–Trinajstić information content (AvgIpc) is 1.81. The van der Waals surface area contributed by atoms with Crippen molar-refractivity contribution in [1.29, 1.82) is 0 Å². The van der Waals surface area contributed by atoms with Crippen LogP contribution in [0.1, 0.15) is 19.3 Å². The van der Waals surface area contributed by atoms with Crippen molar-refractivity contribution in [2.24, 2.45) is 5.73 Å². The van der Waals surface area contributed by atoms with Crippen LogP contribution in [0, 0.1) is 13.1 Å². The molecule has 0 unspecified atom stereocenters. The molecule has 0 rings (SSSR count). The van der Waals surface area contributed by atoms with Crippen molar-refractivity contribution >= 4 is 0 Å². The molecule has 0 atom stereocenters. The van der Waals surface area contributed by atoms with Crippen molar-refractivity contribution in [3.05, 3.63) is 13.1 Å². The first-order valence-corrected chi connectivity index (χ1v) is 2.94. The van der Waals surface area contributed by atoms with Gasteiger partial charge in [0.1, 0.15) is 0 Å². The molecule has 0 aliphatic carbocycles. The number of unbranched alkanes of at least 4 members (excludes halogenated alkanes) is 2. The van der Waals surface area contributed by atoms with Gasteiger partial charge in [-0.1, -0.05) is 0 Å². The predicted octanol–water partition coefficient (Wildman–Crippen LogP) is 0.656. The Morgan fingerprint density at radius 1 is 1.44 bits per heavy atom. The SMILES string of the molecule is CN[CH-]CCC[CH-]N.[Zn+2]. The molecule has 0 bridgehead atoms. The molecule has 0 aliphatic rings. The van der Waals surface area contributed by atoms with Crippen molar-refractivity contribution in [1.82, 2.24) is 5.32 Å². The van der Waals surface area contributed by atoms with Crippen LogP contribution in [0.3, 0.4) is 0 Å². The quantitative estimate of drug-likeness (QED) is 0.370. The summed E-state index contributed by atoms with van der Waals surface area (Å²) in [4.78, 5) is 0. The first kappa shape index (κ1) is 12.2. The molecule has 2 nitrogen and oxygen atoms in total. The number of nitrogens with two attached hydrogens (primary N) is 1. The van der Waals surface area contributed by atoms with Crippen LogP contribution in [0.15, 0.2) is 0 Å². The van der Waals surface area contributed by atoms with E-state index in [1.165, 1.54) is 0 Å². The fraction of sp³-hybridized carbons (Fsp3) is 0.667. The van der Waals surface area contributed by atoms with Gasteiger partial charge >= 0.3 is 19.5 Å². The van der Waals surface area contributed by atoms with E-state index in [4.69, 9.17) is 5.73 Å². The summed E-state index contributed by atoms with van der Waals surface area (Å²) in [6.07, 6.45) is 3.26. The monoisotopic (exact) mass is 178 g/mol. The minimum Gasteiger partial charge on any atom is -0.483 e. The van der Waals surface area contributed by atoms with E-state index in [0.717, 1.165) is 19.3 Å². The molecule has 3 heteroatoms. The summed E-state index contributed by atoms with van der Waals surface area (Å²) in [5.74, 6) is 0. The molecule has 0 aromatic carbocycles.